The third kappa shape index (κ3) is 4.57. The first-order chi connectivity index (χ1) is 17.3. The van der Waals surface area contributed by atoms with Gasteiger partial charge in [-0.1, -0.05) is 18.2 Å². The number of halogens is 3. The molecule has 190 valence electrons. The Bertz CT molecular complexity index is 1310. The van der Waals surface area contributed by atoms with E-state index in [1.54, 1.807) is 25.4 Å². The third-order valence-corrected chi connectivity index (χ3v) is 7.42. The van der Waals surface area contributed by atoms with Gasteiger partial charge in [0.15, 0.2) is 0 Å². The molecule has 3 aromatic rings. The molecule has 36 heavy (non-hydrogen) atoms. The number of likely N-dealkylation sites (tertiary alicyclic amines) is 1. The number of alkyl halides is 3. The lowest BCUT2D eigenvalue weighted by Crippen LogP contribution is -2.44. The predicted octanol–water partition coefficient (Wildman–Crippen LogP) is 3.76. The van der Waals surface area contributed by atoms with Crippen LogP contribution in [0.25, 0.3) is 10.8 Å². The number of aromatic amines is 1. The van der Waals surface area contributed by atoms with Crippen LogP contribution >= 0.6 is 0 Å². The number of nitrogens with zero attached hydrogens (tertiary/aromatic N) is 3. The molecular weight excluding hydrogens is 471 g/mol. The molecule has 1 atom stereocenters. The number of anilines is 1. The lowest BCUT2D eigenvalue weighted by atomic mass is 9.94. The average molecular weight is 500 g/mol. The van der Waals surface area contributed by atoms with E-state index in [0.717, 1.165) is 31.6 Å². The topological polar surface area (TPSA) is 81.3 Å². The highest BCUT2D eigenvalue weighted by molar-refractivity contribution is 5.92. The van der Waals surface area contributed by atoms with E-state index in [0.29, 0.717) is 25.2 Å². The van der Waals surface area contributed by atoms with E-state index in [9.17, 15) is 22.8 Å². The van der Waals surface area contributed by atoms with Crippen molar-refractivity contribution in [2.75, 3.05) is 38.1 Å². The van der Waals surface area contributed by atoms with Crippen molar-refractivity contribution in [1.82, 2.24) is 20.2 Å². The number of piperidine rings is 1. The van der Waals surface area contributed by atoms with E-state index in [2.05, 4.69) is 25.1 Å². The summed E-state index contributed by atoms with van der Waals surface area (Å²) in [7, 11) is 1.56. The van der Waals surface area contributed by atoms with E-state index in [-0.39, 0.29) is 34.3 Å². The summed E-state index contributed by atoms with van der Waals surface area (Å²) in [4.78, 5) is 35.6. The number of hydrogen-bond donors (Lipinski definition) is 2. The molecule has 7 nitrogen and oxygen atoms in total. The molecule has 10 heteroatoms. The number of amides is 1. The number of fused-ring (bicyclic) bond motifs is 1. The Labute approximate surface area is 206 Å². The Hall–Kier alpha value is -3.40. The van der Waals surface area contributed by atoms with E-state index >= 15 is 0 Å². The van der Waals surface area contributed by atoms with Crippen LogP contribution in [0, 0.1) is 0 Å². The fourth-order valence-corrected chi connectivity index (χ4v) is 5.59. The van der Waals surface area contributed by atoms with Crippen LogP contribution in [0.2, 0.25) is 0 Å². The molecule has 1 amide bonds. The zero-order chi connectivity index (χ0) is 25.4. The van der Waals surface area contributed by atoms with Gasteiger partial charge in [0.25, 0.3) is 11.5 Å². The van der Waals surface area contributed by atoms with E-state index in [1.807, 2.05) is 6.07 Å². The Balaban J connectivity index is 1.29. The number of aromatic nitrogens is 2. The standard InChI is InChI=1S/C26H28F3N5O2/c1-30-25(36)21-7-6-18(14-31-21)33-12-9-17(10-13-33)34-11-8-16(15-34)23-22(26(27,28)29)19-4-2-3-5-20(19)24(35)32-23/h2-7,14,16-17H,8-13,15H2,1H3,(H,30,36)(H,32,35). The normalized spacial score (nSPS) is 19.7. The highest BCUT2D eigenvalue weighted by atomic mass is 19.4. The summed E-state index contributed by atoms with van der Waals surface area (Å²) in [6.45, 7) is 2.79. The number of carbonyl (C=O) groups is 1. The van der Waals surface area contributed by atoms with Crippen molar-refractivity contribution >= 4 is 22.4 Å². The summed E-state index contributed by atoms with van der Waals surface area (Å²) in [5.74, 6) is -0.608. The second-order valence-corrected chi connectivity index (χ2v) is 9.47. The first-order valence-corrected chi connectivity index (χ1v) is 12.2. The minimum absolute atomic E-state index is 0.00779. The van der Waals surface area contributed by atoms with Crippen molar-refractivity contribution in [2.24, 2.45) is 0 Å². The minimum Gasteiger partial charge on any atom is -0.370 e. The molecule has 0 bridgehead atoms. The number of hydrogen-bond acceptors (Lipinski definition) is 5. The number of carbonyl (C=O) groups excluding carboxylic acids is 1. The van der Waals surface area contributed by atoms with Gasteiger partial charge in [-0.2, -0.15) is 13.2 Å². The lowest BCUT2D eigenvalue weighted by molar-refractivity contribution is -0.137. The molecule has 0 aliphatic carbocycles. The maximum Gasteiger partial charge on any atom is 0.418 e. The smallest absolute Gasteiger partial charge is 0.370 e. The Morgan fingerprint density at radius 1 is 1.06 bits per heavy atom. The minimum atomic E-state index is -4.56. The second kappa shape index (κ2) is 9.57. The van der Waals surface area contributed by atoms with Crippen molar-refractivity contribution in [2.45, 2.75) is 37.4 Å². The van der Waals surface area contributed by atoms with Gasteiger partial charge in [0, 0.05) is 55.1 Å². The van der Waals surface area contributed by atoms with Crippen LogP contribution in [0.1, 0.15) is 46.9 Å². The average Bonchev–Trinajstić information content (AvgIpc) is 3.38. The molecular formula is C26H28F3N5O2. The maximum absolute atomic E-state index is 14.1. The number of rotatable bonds is 4. The first-order valence-electron chi connectivity index (χ1n) is 12.2. The monoisotopic (exact) mass is 499 g/mol. The van der Waals surface area contributed by atoms with Gasteiger partial charge in [-0.3, -0.25) is 14.5 Å². The summed E-state index contributed by atoms with van der Waals surface area (Å²) < 4.78 is 42.4. The zero-order valence-electron chi connectivity index (χ0n) is 19.9. The van der Waals surface area contributed by atoms with Gasteiger partial charge < -0.3 is 15.2 Å². The van der Waals surface area contributed by atoms with Crippen LogP contribution in [0.15, 0.2) is 47.4 Å². The molecule has 1 aromatic carbocycles. The molecule has 5 rings (SSSR count). The molecule has 0 radical (unpaired) electrons. The maximum atomic E-state index is 14.1. The molecule has 2 fully saturated rings. The van der Waals surface area contributed by atoms with Crippen molar-refractivity contribution in [3.05, 3.63) is 69.9 Å². The van der Waals surface area contributed by atoms with Gasteiger partial charge in [-0.05, 0) is 44.0 Å². The fourth-order valence-electron chi connectivity index (χ4n) is 5.59. The summed E-state index contributed by atoms with van der Waals surface area (Å²) in [6, 6.07) is 9.79. The van der Waals surface area contributed by atoms with Gasteiger partial charge in [-0.25, -0.2) is 4.98 Å². The van der Waals surface area contributed by atoms with Gasteiger partial charge in [0.05, 0.1) is 17.4 Å². The molecule has 2 aliphatic heterocycles. The van der Waals surface area contributed by atoms with Gasteiger partial charge in [0.1, 0.15) is 5.69 Å². The van der Waals surface area contributed by atoms with Crippen molar-refractivity contribution in [1.29, 1.82) is 0 Å². The lowest BCUT2D eigenvalue weighted by Gasteiger charge is -2.37. The van der Waals surface area contributed by atoms with E-state index < -0.39 is 17.3 Å². The Morgan fingerprint density at radius 2 is 1.78 bits per heavy atom. The molecule has 0 saturated carbocycles. The highest BCUT2D eigenvalue weighted by Crippen LogP contribution is 2.41. The largest absolute Gasteiger partial charge is 0.418 e. The van der Waals surface area contributed by atoms with Crippen LogP contribution in [0.3, 0.4) is 0 Å². The van der Waals surface area contributed by atoms with Crippen LogP contribution in [-0.4, -0.2) is 60.0 Å². The van der Waals surface area contributed by atoms with Gasteiger partial charge in [0.2, 0.25) is 0 Å². The molecule has 4 heterocycles. The van der Waals surface area contributed by atoms with E-state index in [4.69, 9.17) is 0 Å². The zero-order valence-corrected chi connectivity index (χ0v) is 19.9. The van der Waals surface area contributed by atoms with Gasteiger partial charge in [-0.15, -0.1) is 0 Å². The number of benzene rings is 1. The molecule has 0 spiro atoms. The first kappa shape index (κ1) is 24.3. The number of pyridine rings is 2. The SMILES string of the molecule is CNC(=O)c1ccc(N2CCC(N3CCC(c4[nH]c(=O)c5ccccc5c4C(F)(F)F)C3)CC2)cn1. The number of nitrogens with one attached hydrogen (secondary N) is 2. The summed E-state index contributed by atoms with van der Waals surface area (Å²) >= 11 is 0. The van der Waals surface area contributed by atoms with Crippen LogP contribution < -0.4 is 15.8 Å². The van der Waals surface area contributed by atoms with Crippen LogP contribution in [0.5, 0.6) is 0 Å². The van der Waals surface area contributed by atoms with Crippen molar-refractivity contribution in [3.8, 4) is 0 Å². The van der Waals surface area contributed by atoms with Crippen molar-refractivity contribution < 1.29 is 18.0 Å². The summed E-state index contributed by atoms with van der Waals surface area (Å²) in [6.07, 6.45) is -0.526. The molecule has 2 aliphatic rings. The predicted molar refractivity (Wildman–Crippen MR) is 131 cm³/mol. The second-order valence-electron chi connectivity index (χ2n) is 9.47. The Kier molecular flexibility index (Phi) is 6.46. The summed E-state index contributed by atoms with van der Waals surface area (Å²) in [5.41, 5.74) is 0.130. The number of H-pyrrole nitrogens is 1. The van der Waals surface area contributed by atoms with Gasteiger partial charge >= 0.3 is 6.18 Å². The summed E-state index contributed by atoms with van der Waals surface area (Å²) in [5, 5.41) is 2.58. The fraction of sp³-hybridized carbons (Fsp3) is 0.423. The van der Waals surface area contributed by atoms with E-state index in [1.165, 1.54) is 18.2 Å². The molecule has 2 saturated heterocycles. The molecule has 1 unspecified atom stereocenters. The van der Waals surface area contributed by atoms with Crippen molar-refractivity contribution in [3.63, 3.8) is 0 Å². The molecule has 2 aromatic heterocycles. The van der Waals surface area contributed by atoms with Crippen LogP contribution in [0.4, 0.5) is 18.9 Å². The Morgan fingerprint density at radius 3 is 2.42 bits per heavy atom. The third-order valence-electron chi connectivity index (χ3n) is 7.42. The molecule has 2 N–H and O–H groups in total. The quantitative estimate of drug-likeness (QED) is 0.572. The van der Waals surface area contributed by atoms with Crippen LogP contribution in [-0.2, 0) is 6.18 Å². The highest BCUT2D eigenvalue weighted by Gasteiger charge is 2.41.